The third-order valence-corrected chi connectivity index (χ3v) is 2.32. The fraction of sp³-hybridized carbons (Fsp3) is 0.500. The minimum atomic E-state index is -0.312. The first kappa shape index (κ1) is 12.6. The van der Waals surface area contributed by atoms with E-state index in [9.17, 15) is 4.39 Å². The average molecular weight is 223 g/mol. The Morgan fingerprint density at radius 2 is 2.12 bits per heavy atom. The van der Waals surface area contributed by atoms with E-state index in [-0.39, 0.29) is 5.82 Å². The number of aromatic nitrogens is 2. The van der Waals surface area contributed by atoms with E-state index in [1.807, 2.05) is 25.7 Å². The second-order valence-corrected chi connectivity index (χ2v) is 3.78. The van der Waals surface area contributed by atoms with Crippen molar-refractivity contribution in [3.63, 3.8) is 0 Å². The molecule has 1 aromatic rings. The Morgan fingerprint density at radius 1 is 1.44 bits per heavy atom. The molecule has 0 aliphatic carbocycles. The Kier molecular flexibility index (Phi) is 4.40. The molecule has 0 radical (unpaired) electrons. The van der Waals surface area contributed by atoms with E-state index in [0.29, 0.717) is 31.0 Å². The van der Waals surface area contributed by atoms with Crippen molar-refractivity contribution in [1.82, 2.24) is 9.97 Å². The molecule has 0 saturated heterocycles. The Labute approximate surface area is 96.0 Å². The molecule has 0 bridgehead atoms. The largest absolute Gasteiger partial charge is 0.350 e. The molecule has 1 rings (SSSR count). The van der Waals surface area contributed by atoms with Crippen molar-refractivity contribution < 1.29 is 4.39 Å². The van der Waals surface area contributed by atoms with Gasteiger partial charge in [-0.1, -0.05) is 19.1 Å². The summed E-state index contributed by atoms with van der Waals surface area (Å²) in [7, 11) is 0. The van der Waals surface area contributed by atoms with Crippen molar-refractivity contribution in [1.29, 1.82) is 0 Å². The number of aryl methyl sites for hydroxylation is 1. The molecule has 0 unspecified atom stereocenters. The van der Waals surface area contributed by atoms with Crippen LogP contribution in [0.15, 0.2) is 18.5 Å². The van der Waals surface area contributed by atoms with Crippen molar-refractivity contribution >= 4 is 5.82 Å². The second-order valence-electron chi connectivity index (χ2n) is 3.78. The maximum atomic E-state index is 14.0. The van der Waals surface area contributed by atoms with E-state index in [1.54, 1.807) is 0 Å². The van der Waals surface area contributed by atoms with Gasteiger partial charge >= 0.3 is 0 Å². The fourth-order valence-electron chi connectivity index (χ4n) is 1.52. The number of rotatable bonds is 5. The summed E-state index contributed by atoms with van der Waals surface area (Å²) in [4.78, 5) is 9.79. The lowest BCUT2D eigenvalue weighted by atomic mass is 10.2. The van der Waals surface area contributed by atoms with Gasteiger partial charge in [0, 0.05) is 13.1 Å². The SMILES string of the molecule is C=C(C)CN(CC)c1ncnc(CC)c1F. The highest BCUT2D eigenvalue weighted by molar-refractivity contribution is 5.42. The lowest BCUT2D eigenvalue weighted by Gasteiger charge is -2.22. The van der Waals surface area contributed by atoms with E-state index < -0.39 is 0 Å². The third-order valence-electron chi connectivity index (χ3n) is 2.32. The van der Waals surface area contributed by atoms with Gasteiger partial charge in [0.2, 0.25) is 0 Å². The van der Waals surface area contributed by atoms with Gasteiger partial charge in [0.15, 0.2) is 11.6 Å². The minimum Gasteiger partial charge on any atom is -0.350 e. The van der Waals surface area contributed by atoms with Crippen molar-refractivity contribution in [2.45, 2.75) is 27.2 Å². The van der Waals surface area contributed by atoms with Crippen LogP contribution in [0.3, 0.4) is 0 Å². The molecule has 1 aromatic heterocycles. The number of hydrogen-bond donors (Lipinski definition) is 0. The van der Waals surface area contributed by atoms with Gasteiger partial charge in [-0.3, -0.25) is 0 Å². The summed E-state index contributed by atoms with van der Waals surface area (Å²) in [5.41, 5.74) is 1.45. The van der Waals surface area contributed by atoms with Crippen LogP contribution >= 0.6 is 0 Å². The predicted molar refractivity (Wildman–Crippen MR) is 64.1 cm³/mol. The lowest BCUT2D eigenvalue weighted by Crippen LogP contribution is -2.27. The highest BCUT2D eigenvalue weighted by atomic mass is 19.1. The molecule has 0 atom stereocenters. The average Bonchev–Trinajstić information content (AvgIpc) is 2.26. The van der Waals surface area contributed by atoms with Crippen molar-refractivity contribution in [3.05, 3.63) is 30.0 Å². The second kappa shape index (κ2) is 5.58. The van der Waals surface area contributed by atoms with Crippen LogP contribution in [0, 0.1) is 5.82 Å². The topological polar surface area (TPSA) is 29.0 Å². The van der Waals surface area contributed by atoms with Crippen LogP contribution in [0.4, 0.5) is 10.2 Å². The van der Waals surface area contributed by atoms with Gasteiger partial charge < -0.3 is 4.90 Å². The van der Waals surface area contributed by atoms with Crippen LogP contribution in [0.1, 0.15) is 26.5 Å². The molecule has 3 nitrogen and oxygen atoms in total. The van der Waals surface area contributed by atoms with E-state index in [1.165, 1.54) is 6.33 Å². The molecule has 0 saturated carbocycles. The van der Waals surface area contributed by atoms with Crippen LogP contribution in [0.25, 0.3) is 0 Å². The van der Waals surface area contributed by atoms with E-state index in [0.717, 1.165) is 5.57 Å². The molecule has 0 aliphatic heterocycles. The first-order chi connectivity index (χ1) is 7.60. The van der Waals surface area contributed by atoms with Gasteiger partial charge in [-0.15, -0.1) is 0 Å². The third kappa shape index (κ3) is 2.78. The maximum Gasteiger partial charge on any atom is 0.187 e. The molecule has 0 fully saturated rings. The molecule has 4 heteroatoms. The van der Waals surface area contributed by atoms with Gasteiger partial charge in [-0.05, 0) is 20.3 Å². The number of nitrogens with zero attached hydrogens (tertiary/aromatic N) is 3. The molecule has 16 heavy (non-hydrogen) atoms. The van der Waals surface area contributed by atoms with Gasteiger partial charge in [-0.2, -0.15) is 0 Å². The summed E-state index contributed by atoms with van der Waals surface area (Å²) in [5, 5.41) is 0. The van der Waals surface area contributed by atoms with Crippen LogP contribution in [-0.4, -0.2) is 23.1 Å². The first-order valence-corrected chi connectivity index (χ1v) is 5.48. The zero-order valence-corrected chi connectivity index (χ0v) is 10.1. The summed E-state index contributed by atoms with van der Waals surface area (Å²) in [6.07, 6.45) is 1.99. The van der Waals surface area contributed by atoms with Gasteiger partial charge in [0.25, 0.3) is 0 Å². The van der Waals surface area contributed by atoms with Gasteiger partial charge in [0.1, 0.15) is 6.33 Å². The summed E-state index contributed by atoms with van der Waals surface area (Å²) < 4.78 is 14.0. The highest BCUT2D eigenvalue weighted by Gasteiger charge is 2.15. The Balaban J connectivity index is 3.04. The minimum absolute atomic E-state index is 0.312. The number of anilines is 1. The number of likely N-dealkylation sites (N-methyl/N-ethyl adjacent to an activating group) is 1. The van der Waals surface area contributed by atoms with Crippen molar-refractivity contribution in [3.8, 4) is 0 Å². The predicted octanol–water partition coefficient (Wildman–Crippen LogP) is 2.58. The summed E-state index contributed by atoms with van der Waals surface area (Å²) in [5.74, 6) is 0.0606. The number of hydrogen-bond acceptors (Lipinski definition) is 3. The molecule has 0 spiro atoms. The van der Waals surface area contributed by atoms with E-state index in [4.69, 9.17) is 0 Å². The zero-order chi connectivity index (χ0) is 12.1. The van der Waals surface area contributed by atoms with Crippen molar-refractivity contribution in [2.24, 2.45) is 0 Å². The highest BCUT2D eigenvalue weighted by Crippen LogP contribution is 2.18. The van der Waals surface area contributed by atoms with Gasteiger partial charge in [0.05, 0.1) is 5.69 Å². The Bertz CT molecular complexity index is 377. The molecular weight excluding hydrogens is 205 g/mol. The first-order valence-electron chi connectivity index (χ1n) is 5.48. The van der Waals surface area contributed by atoms with Crippen LogP contribution in [0.2, 0.25) is 0 Å². The Morgan fingerprint density at radius 3 is 2.62 bits per heavy atom. The quantitative estimate of drug-likeness (QED) is 0.718. The molecular formula is C12H18FN3. The molecule has 0 N–H and O–H groups in total. The molecule has 1 heterocycles. The molecule has 0 amide bonds. The van der Waals surface area contributed by atoms with Crippen LogP contribution in [-0.2, 0) is 6.42 Å². The fourth-order valence-corrected chi connectivity index (χ4v) is 1.52. The Hall–Kier alpha value is -1.45. The van der Waals surface area contributed by atoms with Crippen LogP contribution in [0.5, 0.6) is 0 Å². The van der Waals surface area contributed by atoms with E-state index in [2.05, 4.69) is 16.5 Å². The maximum absolute atomic E-state index is 14.0. The molecule has 0 aromatic carbocycles. The monoisotopic (exact) mass is 223 g/mol. The summed E-state index contributed by atoms with van der Waals surface area (Å²) >= 11 is 0. The van der Waals surface area contributed by atoms with E-state index >= 15 is 0 Å². The van der Waals surface area contributed by atoms with Crippen molar-refractivity contribution in [2.75, 3.05) is 18.0 Å². The summed E-state index contributed by atoms with van der Waals surface area (Å²) in [6, 6.07) is 0. The standard InChI is InChI=1S/C12H18FN3/c1-5-10-11(13)12(15-8-14-10)16(6-2)7-9(3)4/h8H,3,5-7H2,1-2,4H3. The van der Waals surface area contributed by atoms with Gasteiger partial charge in [-0.25, -0.2) is 14.4 Å². The molecule has 88 valence electrons. The summed E-state index contributed by atoms with van der Waals surface area (Å²) in [6.45, 7) is 10.9. The zero-order valence-electron chi connectivity index (χ0n) is 10.1. The normalized spacial score (nSPS) is 10.2. The lowest BCUT2D eigenvalue weighted by molar-refractivity contribution is 0.586. The van der Waals surface area contributed by atoms with Crippen LogP contribution < -0.4 is 4.90 Å². The number of halogens is 1. The molecule has 0 aliphatic rings. The smallest absolute Gasteiger partial charge is 0.187 e.